The summed E-state index contributed by atoms with van der Waals surface area (Å²) in [4.78, 5) is 10.6. The van der Waals surface area contributed by atoms with Crippen LogP contribution in [0.5, 0.6) is 0 Å². The van der Waals surface area contributed by atoms with Gasteiger partial charge in [-0.15, -0.1) is 0 Å². The second-order valence-electron chi connectivity index (χ2n) is 3.60. The lowest BCUT2D eigenvalue weighted by Gasteiger charge is -2.15. The Morgan fingerprint density at radius 2 is 2.42 bits per heavy atom. The SMILES string of the molecule is CC(=O)C=CC1=CCC(C)CC1. The van der Waals surface area contributed by atoms with Crippen LogP contribution in [0.25, 0.3) is 0 Å². The normalized spacial score (nSPS) is 24.2. The molecule has 0 aliphatic heterocycles. The molecule has 1 rings (SSSR count). The van der Waals surface area contributed by atoms with E-state index >= 15 is 0 Å². The molecule has 0 amide bonds. The first-order valence-electron chi connectivity index (χ1n) is 4.56. The van der Waals surface area contributed by atoms with Crippen molar-refractivity contribution >= 4 is 5.78 Å². The van der Waals surface area contributed by atoms with Gasteiger partial charge in [-0.2, -0.15) is 0 Å². The molecule has 0 spiro atoms. The highest BCUT2D eigenvalue weighted by Crippen LogP contribution is 2.23. The van der Waals surface area contributed by atoms with Gasteiger partial charge in [0.2, 0.25) is 0 Å². The maximum atomic E-state index is 10.6. The van der Waals surface area contributed by atoms with Crippen molar-refractivity contribution in [2.75, 3.05) is 0 Å². The van der Waals surface area contributed by atoms with Gasteiger partial charge in [-0.3, -0.25) is 4.79 Å². The fraction of sp³-hybridized carbons (Fsp3) is 0.545. The van der Waals surface area contributed by atoms with Crippen LogP contribution in [0.4, 0.5) is 0 Å². The Kier molecular flexibility index (Phi) is 3.27. The Hall–Kier alpha value is -0.850. The summed E-state index contributed by atoms with van der Waals surface area (Å²) in [5, 5.41) is 0. The van der Waals surface area contributed by atoms with Crippen LogP contribution in [-0.4, -0.2) is 5.78 Å². The van der Waals surface area contributed by atoms with Crippen LogP contribution in [0.1, 0.15) is 33.1 Å². The smallest absolute Gasteiger partial charge is 0.152 e. The molecule has 0 fully saturated rings. The summed E-state index contributed by atoms with van der Waals surface area (Å²) in [6, 6.07) is 0. The minimum Gasteiger partial charge on any atom is -0.295 e. The van der Waals surface area contributed by atoms with E-state index in [0.717, 1.165) is 18.8 Å². The highest BCUT2D eigenvalue weighted by molar-refractivity contribution is 5.87. The Morgan fingerprint density at radius 1 is 1.67 bits per heavy atom. The molecule has 0 aromatic rings. The zero-order valence-electron chi connectivity index (χ0n) is 7.84. The molecular formula is C11H16O. The summed E-state index contributed by atoms with van der Waals surface area (Å²) in [6.45, 7) is 3.85. The van der Waals surface area contributed by atoms with Crippen molar-refractivity contribution in [2.45, 2.75) is 33.1 Å². The van der Waals surface area contributed by atoms with Gasteiger partial charge < -0.3 is 0 Å². The number of carbonyl (C=O) groups is 1. The van der Waals surface area contributed by atoms with Gasteiger partial charge in [-0.25, -0.2) is 0 Å². The topological polar surface area (TPSA) is 17.1 Å². The highest BCUT2D eigenvalue weighted by Gasteiger charge is 2.07. The summed E-state index contributed by atoms with van der Waals surface area (Å²) in [5.41, 5.74) is 1.32. The number of ketones is 1. The number of rotatable bonds is 2. The third kappa shape index (κ3) is 3.04. The monoisotopic (exact) mass is 164 g/mol. The maximum absolute atomic E-state index is 10.6. The second kappa shape index (κ2) is 4.24. The van der Waals surface area contributed by atoms with Crippen LogP contribution < -0.4 is 0 Å². The molecule has 1 aliphatic carbocycles. The van der Waals surface area contributed by atoms with E-state index in [1.165, 1.54) is 12.0 Å². The summed E-state index contributed by atoms with van der Waals surface area (Å²) in [7, 11) is 0. The van der Waals surface area contributed by atoms with E-state index in [2.05, 4.69) is 13.0 Å². The largest absolute Gasteiger partial charge is 0.295 e. The first kappa shape index (κ1) is 9.24. The van der Waals surface area contributed by atoms with Crippen molar-refractivity contribution in [1.82, 2.24) is 0 Å². The minimum absolute atomic E-state index is 0.134. The molecule has 1 aliphatic rings. The van der Waals surface area contributed by atoms with Crippen LogP contribution >= 0.6 is 0 Å². The van der Waals surface area contributed by atoms with E-state index in [0.29, 0.717) is 0 Å². The van der Waals surface area contributed by atoms with E-state index < -0.39 is 0 Å². The van der Waals surface area contributed by atoms with E-state index in [1.807, 2.05) is 6.08 Å². The first-order chi connectivity index (χ1) is 5.68. The maximum Gasteiger partial charge on any atom is 0.152 e. The molecule has 0 saturated carbocycles. The van der Waals surface area contributed by atoms with Crippen molar-refractivity contribution in [1.29, 1.82) is 0 Å². The standard InChI is InChI=1S/C11H16O/c1-9-3-6-11(7-4-9)8-5-10(2)12/h5-6,8-9H,3-4,7H2,1-2H3. The molecule has 12 heavy (non-hydrogen) atoms. The van der Waals surface area contributed by atoms with Gasteiger partial charge in [0.1, 0.15) is 0 Å². The first-order valence-corrected chi connectivity index (χ1v) is 4.56. The molecule has 0 aromatic heterocycles. The summed E-state index contributed by atoms with van der Waals surface area (Å²) >= 11 is 0. The quantitative estimate of drug-likeness (QED) is 0.573. The third-order valence-electron chi connectivity index (χ3n) is 2.24. The fourth-order valence-corrected chi connectivity index (χ4v) is 1.36. The number of hydrogen-bond acceptors (Lipinski definition) is 1. The lowest BCUT2D eigenvalue weighted by molar-refractivity contribution is -0.112. The molecule has 0 aromatic carbocycles. The summed E-state index contributed by atoms with van der Waals surface area (Å²) < 4.78 is 0. The van der Waals surface area contributed by atoms with Crippen LogP contribution in [0, 0.1) is 5.92 Å². The lowest BCUT2D eigenvalue weighted by atomic mass is 9.91. The number of carbonyl (C=O) groups excluding carboxylic acids is 1. The zero-order chi connectivity index (χ0) is 8.97. The molecule has 0 saturated heterocycles. The molecule has 66 valence electrons. The van der Waals surface area contributed by atoms with Gasteiger partial charge in [0.05, 0.1) is 0 Å². The highest BCUT2D eigenvalue weighted by atomic mass is 16.1. The molecule has 0 radical (unpaired) electrons. The van der Waals surface area contributed by atoms with E-state index in [1.54, 1.807) is 13.0 Å². The molecule has 1 heteroatoms. The van der Waals surface area contributed by atoms with Gasteiger partial charge in [-0.1, -0.05) is 24.6 Å². The van der Waals surface area contributed by atoms with Gasteiger partial charge in [0.15, 0.2) is 5.78 Å². The van der Waals surface area contributed by atoms with Gasteiger partial charge >= 0.3 is 0 Å². The van der Waals surface area contributed by atoms with E-state index in [9.17, 15) is 4.79 Å². The Labute approximate surface area is 74.2 Å². The Balaban J connectivity index is 2.49. The Bertz CT molecular complexity index is 223. The molecule has 1 nitrogen and oxygen atoms in total. The van der Waals surface area contributed by atoms with Gasteiger partial charge in [-0.05, 0) is 38.2 Å². The second-order valence-corrected chi connectivity index (χ2v) is 3.60. The van der Waals surface area contributed by atoms with Crippen LogP contribution in [0.15, 0.2) is 23.8 Å². The molecule has 1 atom stereocenters. The lowest BCUT2D eigenvalue weighted by Crippen LogP contribution is -2.00. The molecule has 0 N–H and O–H groups in total. The summed E-state index contributed by atoms with van der Waals surface area (Å²) in [5.74, 6) is 0.953. The Morgan fingerprint density at radius 3 is 2.92 bits per heavy atom. The van der Waals surface area contributed by atoms with Crippen molar-refractivity contribution in [2.24, 2.45) is 5.92 Å². The molecular weight excluding hydrogens is 148 g/mol. The van der Waals surface area contributed by atoms with Gasteiger partial charge in [0.25, 0.3) is 0 Å². The van der Waals surface area contributed by atoms with E-state index in [-0.39, 0.29) is 5.78 Å². The van der Waals surface area contributed by atoms with Crippen molar-refractivity contribution in [3.63, 3.8) is 0 Å². The fourth-order valence-electron chi connectivity index (χ4n) is 1.36. The zero-order valence-corrected chi connectivity index (χ0v) is 7.84. The molecule has 0 heterocycles. The number of allylic oxidation sites excluding steroid dienone is 4. The van der Waals surface area contributed by atoms with E-state index in [4.69, 9.17) is 0 Å². The minimum atomic E-state index is 0.134. The average molecular weight is 164 g/mol. The van der Waals surface area contributed by atoms with Crippen molar-refractivity contribution < 1.29 is 4.79 Å². The average Bonchev–Trinajstić information content (AvgIpc) is 2.03. The van der Waals surface area contributed by atoms with Crippen LogP contribution in [-0.2, 0) is 4.79 Å². The van der Waals surface area contributed by atoms with Crippen molar-refractivity contribution in [3.8, 4) is 0 Å². The predicted molar refractivity (Wildman–Crippen MR) is 50.9 cm³/mol. The van der Waals surface area contributed by atoms with Crippen LogP contribution in [0.2, 0.25) is 0 Å². The van der Waals surface area contributed by atoms with Crippen molar-refractivity contribution in [3.05, 3.63) is 23.8 Å². The summed E-state index contributed by atoms with van der Waals surface area (Å²) in [6.07, 6.45) is 9.40. The molecule has 0 bridgehead atoms. The number of hydrogen-bond donors (Lipinski definition) is 0. The third-order valence-corrected chi connectivity index (χ3v) is 2.24. The van der Waals surface area contributed by atoms with Crippen LogP contribution in [0.3, 0.4) is 0 Å². The van der Waals surface area contributed by atoms with Gasteiger partial charge in [0, 0.05) is 0 Å². The predicted octanol–water partition coefficient (Wildman–Crippen LogP) is 2.88. The molecule has 1 unspecified atom stereocenters.